The average molecular weight is 300 g/mol. The molecule has 0 aromatic heterocycles. The molecule has 0 bridgehead atoms. The van der Waals surface area contributed by atoms with Crippen molar-refractivity contribution in [1.29, 1.82) is 0 Å². The van der Waals surface area contributed by atoms with Crippen molar-refractivity contribution >= 4 is 22.4 Å². The maximum Gasteiger partial charge on any atom is 0.0441 e. The molecule has 3 atom stereocenters. The molecule has 1 aliphatic rings. The maximum atomic E-state index is 11.5. The molecule has 0 spiro atoms. The number of benzene rings is 1. The lowest BCUT2D eigenvalue weighted by molar-refractivity contribution is 0.271. The van der Waals surface area contributed by atoms with Crippen molar-refractivity contribution in [3.05, 3.63) is 34.3 Å². The van der Waals surface area contributed by atoms with Gasteiger partial charge in [-0.05, 0) is 42.0 Å². The second-order valence-electron chi connectivity index (χ2n) is 6.16. The van der Waals surface area contributed by atoms with Gasteiger partial charge in [-0.3, -0.25) is 4.21 Å². The fourth-order valence-electron chi connectivity index (χ4n) is 2.80. The van der Waals surface area contributed by atoms with Crippen molar-refractivity contribution in [3.63, 3.8) is 0 Å². The van der Waals surface area contributed by atoms with Gasteiger partial charge in [0.2, 0.25) is 0 Å². The van der Waals surface area contributed by atoms with Gasteiger partial charge < -0.3 is 5.32 Å². The first kappa shape index (κ1) is 15.0. The number of hydrogen-bond donors (Lipinski definition) is 1. The molecule has 0 amide bonds. The molecule has 0 heterocycles. The smallest absolute Gasteiger partial charge is 0.0441 e. The summed E-state index contributed by atoms with van der Waals surface area (Å²) in [5.41, 5.74) is 2.84. The van der Waals surface area contributed by atoms with Crippen LogP contribution in [-0.4, -0.2) is 22.3 Å². The average Bonchev–Trinajstić information content (AvgIpc) is 2.56. The van der Waals surface area contributed by atoms with E-state index in [1.165, 1.54) is 11.1 Å². The molecule has 4 heteroatoms. The van der Waals surface area contributed by atoms with Crippen molar-refractivity contribution in [2.75, 3.05) is 12.8 Å². The van der Waals surface area contributed by atoms with E-state index in [0.29, 0.717) is 0 Å². The number of rotatable bonds is 4. The summed E-state index contributed by atoms with van der Waals surface area (Å²) in [6, 6.07) is 6.44. The molecule has 0 saturated heterocycles. The Hall–Kier alpha value is -0.380. The molecule has 0 saturated carbocycles. The lowest BCUT2D eigenvalue weighted by atomic mass is 9.85. The molecule has 106 valence electrons. The van der Waals surface area contributed by atoms with Crippen molar-refractivity contribution in [2.45, 2.75) is 38.5 Å². The van der Waals surface area contributed by atoms with E-state index in [1.54, 1.807) is 6.26 Å². The van der Waals surface area contributed by atoms with Gasteiger partial charge in [-0.1, -0.05) is 31.5 Å². The van der Waals surface area contributed by atoms with Crippen LogP contribution in [0.2, 0.25) is 5.02 Å². The molecule has 2 nitrogen and oxygen atoms in total. The summed E-state index contributed by atoms with van der Waals surface area (Å²) >= 11 is 6.12. The number of nitrogens with one attached hydrogen (secondary N) is 1. The predicted molar refractivity (Wildman–Crippen MR) is 83.2 cm³/mol. The zero-order valence-electron chi connectivity index (χ0n) is 12.0. The summed E-state index contributed by atoms with van der Waals surface area (Å²) < 4.78 is 11.5. The van der Waals surface area contributed by atoms with E-state index < -0.39 is 10.8 Å². The van der Waals surface area contributed by atoms with Gasteiger partial charge in [0, 0.05) is 39.9 Å². The highest BCUT2D eigenvalue weighted by Crippen LogP contribution is 2.45. The Labute approximate surface area is 123 Å². The number of hydrogen-bond acceptors (Lipinski definition) is 2. The molecular weight excluding hydrogens is 278 g/mol. The summed E-state index contributed by atoms with van der Waals surface area (Å²) in [5, 5.41) is 4.54. The van der Waals surface area contributed by atoms with Crippen LogP contribution < -0.4 is 5.32 Å². The predicted octanol–water partition coefficient (Wildman–Crippen LogP) is 3.32. The third-order valence-corrected chi connectivity index (χ3v) is 5.56. The summed E-state index contributed by atoms with van der Waals surface area (Å²) in [4.78, 5) is 0. The fourth-order valence-corrected chi connectivity index (χ4v) is 3.31. The first-order valence-corrected chi connectivity index (χ1v) is 8.65. The minimum Gasteiger partial charge on any atom is -0.308 e. The SMILES string of the molecule is CC(CNC1c2cc(Cl)ccc2CC1(C)C)S(C)=O. The molecule has 2 rings (SSSR count). The van der Waals surface area contributed by atoms with Crippen LogP contribution in [0.15, 0.2) is 18.2 Å². The fraction of sp³-hybridized carbons (Fsp3) is 0.600. The van der Waals surface area contributed by atoms with Crippen molar-refractivity contribution < 1.29 is 4.21 Å². The van der Waals surface area contributed by atoms with E-state index in [9.17, 15) is 4.21 Å². The second kappa shape index (κ2) is 5.55. The standard InChI is InChI=1S/C15H22ClNOS/c1-10(19(4)18)9-17-14-13-7-12(16)6-5-11(13)8-15(14,2)3/h5-7,10,14,17H,8-9H2,1-4H3. The highest BCUT2D eigenvalue weighted by molar-refractivity contribution is 7.84. The Balaban J connectivity index is 2.19. The highest BCUT2D eigenvalue weighted by atomic mass is 35.5. The van der Waals surface area contributed by atoms with Gasteiger partial charge in [0.1, 0.15) is 0 Å². The Morgan fingerprint density at radius 3 is 2.84 bits per heavy atom. The highest BCUT2D eigenvalue weighted by Gasteiger charge is 2.38. The van der Waals surface area contributed by atoms with Gasteiger partial charge >= 0.3 is 0 Å². The Kier molecular flexibility index (Phi) is 4.38. The summed E-state index contributed by atoms with van der Waals surface area (Å²) in [5.74, 6) is 0. The zero-order valence-corrected chi connectivity index (χ0v) is 13.6. The molecule has 0 radical (unpaired) electrons. The van der Waals surface area contributed by atoms with E-state index in [4.69, 9.17) is 11.6 Å². The molecule has 1 N–H and O–H groups in total. The minimum atomic E-state index is -0.786. The van der Waals surface area contributed by atoms with E-state index in [0.717, 1.165) is 18.0 Å². The number of fused-ring (bicyclic) bond motifs is 1. The molecule has 1 aromatic carbocycles. The lowest BCUT2D eigenvalue weighted by Gasteiger charge is -2.29. The maximum absolute atomic E-state index is 11.5. The molecule has 0 fully saturated rings. The van der Waals surface area contributed by atoms with E-state index in [-0.39, 0.29) is 16.7 Å². The van der Waals surface area contributed by atoms with Crippen LogP contribution >= 0.6 is 11.6 Å². The minimum absolute atomic E-state index is 0.166. The van der Waals surface area contributed by atoms with Gasteiger partial charge in [-0.15, -0.1) is 0 Å². The van der Waals surface area contributed by atoms with E-state index in [1.807, 2.05) is 13.0 Å². The summed E-state index contributed by atoms with van der Waals surface area (Å²) in [7, 11) is -0.786. The van der Waals surface area contributed by atoms with Crippen LogP contribution in [0.4, 0.5) is 0 Å². The molecular formula is C15H22ClNOS. The van der Waals surface area contributed by atoms with Crippen molar-refractivity contribution in [1.82, 2.24) is 5.32 Å². The van der Waals surface area contributed by atoms with Gasteiger partial charge in [0.25, 0.3) is 0 Å². The van der Waals surface area contributed by atoms with Gasteiger partial charge in [-0.2, -0.15) is 0 Å². The van der Waals surface area contributed by atoms with Crippen LogP contribution in [0.5, 0.6) is 0 Å². The molecule has 0 aliphatic heterocycles. The van der Waals surface area contributed by atoms with E-state index >= 15 is 0 Å². The Bertz CT molecular complexity index is 501. The first-order chi connectivity index (χ1) is 8.81. The summed E-state index contributed by atoms with van der Waals surface area (Å²) in [6.07, 6.45) is 2.82. The molecule has 3 unspecified atom stereocenters. The summed E-state index contributed by atoms with van der Waals surface area (Å²) in [6.45, 7) is 7.32. The molecule has 19 heavy (non-hydrogen) atoms. The van der Waals surface area contributed by atoms with Crippen LogP contribution in [0.25, 0.3) is 0 Å². The topological polar surface area (TPSA) is 29.1 Å². The quantitative estimate of drug-likeness (QED) is 0.924. The zero-order chi connectivity index (χ0) is 14.2. The third-order valence-electron chi connectivity index (χ3n) is 4.02. The van der Waals surface area contributed by atoms with Crippen LogP contribution in [0.1, 0.15) is 37.9 Å². The third kappa shape index (κ3) is 3.21. The van der Waals surface area contributed by atoms with Crippen molar-refractivity contribution in [2.24, 2.45) is 5.41 Å². The van der Waals surface area contributed by atoms with Crippen molar-refractivity contribution in [3.8, 4) is 0 Å². The van der Waals surface area contributed by atoms with Gasteiger partial charge in [-0.25, -0.2) is 0 Å². The Morgan fingerprint density at radius 2 is 2.21 bits per heavy atom. The molecule has 1 aliphatic carbocycles. The normalized spacial score (nSPS) is 23.9. The van der Waals surface area contributed by atoms with Crippen LogP contribution in [0.3, 0.4) is 0 Å². The Morgan fingerprint density at radius 1 is 1.53 bits per heavy atom. The second-order valence-corrected chi connectivity index (χ2v) is 8.40. The largest absolute Gasteiger partial charge is 0.308 e. The number of halogens is 1. The van der Waals surface area contributed by atoms with Crippen LogP contribution in [-0.2, 0) is 17.2 Å². The van der Waals surface area contributed by atoms with Gasteiger partial charge in [0.05, 0.1) is 0 Å². The lowest BCUT2D eigenvalue weighted by Crippen LogP contribution is -2.36. The van der Waals surface area contributed by atoms with Gasteiger partial charge in [0.15, 0.2) is 0 Å². The van der Waals surface area contributed by atoms with Crippen LogP contribution in [0, 0.1) is 5.41 Å². The monoisotopic (exact) mass is 299 g/mol. The molecule has 1 aromatic rings. The first-order valence-electron chi connectivity index (χ1n) is 6.65. The van der Waals surface area contributed by atoms with E-state index in [2.05, 4.69) is 31.3 Å².